The molecule has 0 bridgehead atoms. The Morgan fingerprint density at radius 1 is 1.04 bits per heavy atom. The number of nitrogens with zero attached hydrogens (tertiary/aromatic N) is 2. The minimum absolute atomic E-state index is 0.267. The summed E-state index contributed by atoms with van der Waals surface area (Å²) in [6.07, 6.45) is 1.18. The molecule has 2 fully saturated rings. The number of benzene rings is 2. The van der Waals surface area contributed by atoms with Crippen LogP contribution in [0.25, 0.3) is 6.08 Å². The average molecular weight is 349 g/mol. The molecule has 4 rings (SSSR count). The molecule has 0 aromatic heterocycles. The summed E-state index contributed by atoms with van der Waals surface area (Å²) in [6.45, 7) is 0. The standard InChI is InChI=1S/C20H19N3O3/c1-22-16(12-14-10-6-7-11-15(14)21)18(24)23(2)20(19(22)25)17(26-20)13-8-4-3-5-9-13/h3-12,17H,21H2,1-2H3/b16-12-. The maximum Gasteiger partial charge on any atom is 0.283 e. The fourth-order valence-corrected chi connectivity index (χ4v) is 3.39. The van der Waals surface area contributed by atoms with Crippen LogP contribution in [0.3, 0.4) is 0 Å². The Kier molecular flexibility index (Phi) is 3.59. The van der Waals surface area contributed by atoms with Gasteiger partial charge in [-0.1, -0.05) is 48.5 Å². The van der Waals surface area contributed by atoms with Gasteiger partial charge in [-0.2, -0.15) is 0 Å². The molecule has 0 aliphatic carbocycles. The highest BCUT2D eigenvalue weighted by molar-refractivity contribution is 6.09. The smallest absolute Gasteiger partial charge is 0.283 e. The van der Waals surface area contributed by atoms with Gasteiger partial charge in [0.05, 0.1) is 0 Å². The number of carbonyl (C=O) groups excluding carboxylic acids is 2. The van der Waals surface area contributed by atoms with E-state index in [2.05, 4.69) is 0 Å². The first kappa shape index (κ1) is 16.4. The van der Waals surface area contributed by atoms with E-state index in [1.54, 1.807) is 32.3 Å². The Bertz CT molecular complexity index is 925. The molecule has 2 unspecified atom stereocenters. The van der Waals surface area contributed by atoms with Gasteiger partial charge in [-0.3, -0.25) is 9.59 Å². The summed E-state index contributed by atoms with van der Waals surface area (Å²) in [4.78, 5) is 28.8. The summed E-state index contributed by atoms with van der Waals surface area (Å²) in [5, 5.41) is 0. The van der Waals surface area contributed by atoms with Crippen LogP contribution in [0, 0.1) is 0 Å². The third kappa shape index (κ3) is 2.23. The van der Waals surface area contributed by atoms with Crippen molar-refractivity contribution in [2.45, 2.75) is 11.8 Å². The highest BCUT2D eigenvalue weighted by Gasteiger charge is 2.71. The highest BCUT2D eigenvalue weighted by atomic mass is 16.6. The zero-order chi connectivity index (χ0) is 18.5. The second kappa shape index (κ2) is 5.71. The van der Waals surface area contributed by atoms with E-state index in [9.17, 15) is 9.59 Å². The normalized spacial score (nSPS) is 26.7. The molecular weight excluding hydrogens is 330 g/mol. The van der Waals surface area contributed by atoms with Crippen molar-refractivity contribution in [1.29, 1.82) is 0 Å². The first-order chi connectivity index (χ1) is 12.5. The van der Waals surface area contributed by atoms with E-state index < -0.39 is 11.8 Å². The SMILES string of the molecule is CN1C(=O)C2(OC2c2ccccc2)N(C)C(=O)/C1=C/c1ccccc1N. The Hall–Kier alpha value is -3.12. The van der Waals surface area contributed by atoms with Gasteiger partial charge in [-0.25, -0.2) is 0 Å². The van der Waals surface area contributed by atoms with E-state index in [4.69, 9.17) is 10.5 Å². The van der Waals surface area contributed by atoms with E-state index in [-0.39, 0.29) is 17.5 Å². The van der Waals surface area contributed by atoms with Crippen molar-refractivity contribution in [2.24, 2.45) is 0 Å². The van der Waals surface area contributed by atoms with Gasteiger partial charge in [0.2, 0.25) is 0 Å². The molecule has 2 aliphatic rings. The van der Waals surface area contributed by atoms with Gasteiger partial charge in [0, 0.05) is 19.8 Å². The number of nitrogens with two attached hydrogens (primary N) is 1. The number of amides is 2. The van der Waals surface area contributed by atoms with E-state index >= 15 is 0 Å². The number of rotatable bonds is 2. The molecule has 2 N–H and O–H groups in total. The molecule has 6 heteroatoms. The molecule has 132 valence electrons. The fourth-order valence-electron chi connectivity index (χ4n) is 3.39. The van der Waals surface area contributed by atoms with Crippen LogP contribution in [0.1, 0.15) is 17.2 Å². The molecule has 1 spiro atoms. The Labute approximate surface area is 151 Å². The van der Waals surface area contributed by atoms with Crippen LogP contribution in [-0.2, 0) is 14.3 Å². The Morgan fingerprint density at radius 3 is 2.38 bits per heavy atom. The van der Waals surface area contributed by atoms with Gasteiger partial charge in [0.25, 0.3) is 17.5 Å². The predicted octanol–water partition coefficient (Wildman–Crippen LogP) is 2.01. The minimum atomic E-state index is -1.27. The van der Waals surface area contributed by atoms with Crippen LogP contribution in [0.15, 0.2) is 60.3 Å². The number of hydrogen-bond donors (Lipinski definition) is 1. The number of hydrogen-bond acceptors (Lipinski definition) is 4. The largest absolute Gasteiger partial charge is 0.398 e. The number of piperazine rings is 1. The summed E-state index contributed by atoms with van der Waals surface area (Å²) >= 11 is 0. The van der Waals surface area contributed by atoms with E-state index in [1.807, 2.05) is 42.5 Å². The lowest BCUT2D eigenvalue weighted by molar-refractivity contribution is -0.156. The zero-order valence-electron chi connectivity index (χ0n) is 14.5. The van der Waals surface area contributed by atoms with Gasteiger partial charge >= 0.3 is 0 Å². The van der Waals surface area contributed by atoms with Gasteiger partial charge in [0.1, 0.15) is 11.8 Å². The number of epoxide rings is 1. The lowest BCUT2D eigenvalue weighted by Crippen LogP contribution is -2.58. The van der Waals surface area contributed by atoms with Crippen LogP contribution >= 0.6 is 0 Å². The predicted molar refractivity (Wildman–Crippen MR) is 97.4 cm³/mol. The Balaban J connectivity index is 1.71. The molecule has 2 aromatic carbocycles. The van der Waals surface area contributed by atoms with Gasteiger partial charge in [0.15, 0.2) is 0 Å². The van der Waals surface area contributed by atoms with Gasteiger partial charge in [-0.15, -0.1) is 0 Å². The lowest BCUT2D eigenvalue weighted by Gasteiger charge is -2.36. The molecule has 26 heavy (non-hydrogen) atoms. The molecule has 0 saturated carbocycles. The third-order valence-electron chi connectivity index (χ3n) is 4.98. The van der Waals surface area contributed by atoms with Crippen molar-refractivity contribution >= 4 is 23.6 Å². The first-order valence-electron chi connectivity index (χ1n) is 8.32. The van der Waals surface area contributed by atoms with Crippen molar-refractivity contribution in [3.8, 4) is 0 Å². The topological polar surface area (TPSA) is 79.2 Å². The second-order valence-corrected chi connectivity index (χ2v) is 6.49. The highest BCUT2D eigenvalue weighted by Crippen LogP contribution is 2.54. The summed E-state index contributed by atoms with van der Waals surface area (Å²) in [5.74, 6) is -0.553. The minimum Gasteiger partial charge on any atom is -0.398 e. The first-order valence-corrected chi connectivity index (χ1v) is 8.32. The molecular formula is C20H19N3O3. The quantitative estimate of drug-likeness (QED) is 0.511. The molecule has 2 saturated heterocycles. The van der Waals surface area contributed by atoms with Crippen LogP contribution in [0.4, 0.5) is 5.69 Å². The van der Waals surface area contributed by atoms with E-state index in [0.717, 1.165) is 5.56 Å². The summed E-state index contributed by atoms with van der Waals surface area (Å²) in [7, 11) is 3.18. The number of carbonyl (C=O) groups is 2. The fraction of sp³-hybridized carbons (Fsp3) is 0.200. The summed E-state index contributed by atoms with van der Waals surface area (Å²) < 4.78 is 5.78. The van der Waals surface area contributed by atoms with E-state index in [0.29, 0.717) is 11.3 Å². The number of ether oxygens (including phenoxy) is 1. The van der Waals surface area contributed by atoms with Crippen molar-refractivity contribution < 1.29 is 14.3 Å². The zero-order valence-corrected chi connectivity index (χ0v) is 14.5. The molecule has 2 heterocycles. The molecule has 2 aliphatic heterocycles. The van der Waals surface area contributed by atoms with Gasteiger partial charge in [-0.05, 0) is 23.3 Å². The van der Waals surface area contributed by atoms with Crippen LogP contribution in [-0.4, -0.2) is 41.4 Å². The van der Waals surface area contributed by atoms with Crippen molar-refractivity contribution in [3.05, 3.63) is 71.4 Å². The summed E-state index contributed by atoms with van der Waals surface area (Å²) in [6, 6.07) is 16.6. The van der Waals surface area contributed by atoms with E-state index in [1.165, 1.54) is 9.80 Å². The average Bonchev–Trinajstić information content (AvgIpc) is 3.41. The van der Waals surface area contributed by atoms with Crippen LogP contribution in [0.2, 0.25) is 0 Å². The lowest BCUT2D eigenvalue weighted by atomic mass is 10.00. The monoisotopic (exact) mass is 349 g/mol. The number of anilines is 1. The molecule has 2 amide bonds. The van der Waals surface area contributed by atoms with Crippen LogP contribution in [0.5, 0.6) is 0 Å². The maximum absolute atomic E-state index is 13.1. The third-order valence-corrected chi connectivity index (χ3v) is 4.98. The number of nitrogen functional groups attached to an aromatic ring is 1. The second-order valence-electron chi connectivity index (χ2n) is 6.49. The van der Waals surface area contributed by atoms with Crippen molar-refractivity contribution in [1.82, 2.24) is 9.80 Å². The maximum atomic E-state index is 13.1. The molecule has 0 radical (unpaired) electrons. The molecule has 6 nitrogen and oxygen atoms in total. The van der Waals surface area contributed by atoms with Crippen molar-refractivity contribution in [2.75, 3.05) is 19.8 Å². The number of likely N-dealkylation sites (N-methyl/N-ethyl adjacent to an activating group) is 2. The number of para-hydroxylation sites is 1. The molecule has 2 aromatic rings. The summed E-state index contributed by atoms with van der Waals surface area (Å²) in [5.41, 5.74) is 7.06. The van der Waals surface area contributed by atoms with Gasteiger partial charge < -0.3 is 20.3 Å². The van der Waals surface area contributed by atoms with Crippen LogP contribution < -0.4 is 5.73 Å². The Morgan fingerprint density at radius 2 is 1.69 bits per heavy atom. The molecule has 2 atom stereocenters. The van der Waals surface area contributed by atoms with Crippen molar-refractivity contribution in [3.63, 3.8) is 0 Å².